The average Bonchev–Trinajstić information content (AvgIpc) is 2.55. The molecule has 0 aliphatic carbocycles. The van der Waals surface area contributed by atoms with Gasteiger partial charge in [-0.2, -0.15) is 8.42 Å². The van der Waals surface area contributed by atoms with Gasteiger partial charge >= 0.3 is 16.4 Å². The molecule has 7 heteroatoms. The van der Waals surface area contributed by atoms with E-state index in [2.05, 4.69) is 16.3 Å². The third kappa shape index (κ3) is 22.7. The van der Waals surface area contributed by atoms with Gasteiger partial charge in [0.15, 0.2) is 0 Å². The number of unbranched alkanes of at least 4 members (excludes halogenated alkanes) is 11. The molecule has 6 nitrogen and oxygen atoms in total. The summed E-state index contributed by atoms with van der Waals surface area (Å²) in [7, 11) is -4.67. The monoisotopic (exact) mass is 404 g/mol. The molecule has 27 heavy (non-hydrogen) atoms. The lowest BCUT2D eigenvalue weighted by molar-refractivity contribution is -0.134. The summed E-state index contributed by atoms with van der Waals surface area (Å²) in [5.41, 5.74) is 0. The Labute approximate surface area is 164 Å². The smallest absolute Gasteiger partial charge is 0.325 e. The summed E-state index contributed by atoms with van der Waals surface area (Å²) in [5.74, 6) is -0.614. The molecule has 0 radical (unpaired) electrons. The molecule has 0 saturated carbocycles. The Morgan fingerprint density at radius 3 is 1.59 bits per heavy atom. The normalized spacial score (nSPS) is 11.8. The Balaban J connectivity index is 3.27. The van der Waals surface area contributed by atoms with E-state index in [0.29, 0.717) is 12.2 Å². The zero-order valence-corrected chi connectivity index (χ0v) is 17.5. The fraction of sp³-hybridized carbons (Fsp3) is 0.800. The Morgan fingerprint density at radius 1 is 0.741 bits per heavy atom. The van der Waals surface area contributed by atoms with Crippen molar-refractivity contribution in [2.24, 2.45) is 0 Å². The molecule has 0 fully saturated rings. The van der Waals surface area contributed by atoms with Gasteiger partial charge in [-0.1, -0.05) is 57.1 Å². The maximum atomic E-state index is 11.0. The lowest BCUT2D eigenvalue weighted by Gasteiger charge is -2.01. The fourth-order valence-electron chi connectivity index (χ4n) is 2.80. The van der Waals surface area contributed by atoms with Gasteiger partial charge in [-0.3, -0.25) is 9.35 Å². The SMILES string of the molecule is CC(=O)CCCCCCCC/C=C\CCCCCCCC(=O)OS(=O)(=O)O. The molecule has 0 rings (SSSR count). The Morgan fingerprint density at radius 2 is 1.15 bits per heavy atom. The number of carbonyl (C=O) groups excluding carboxylic acids is 2. The summed E-state index contributed by atoms with van der Waals surface area (Å²) < 4.78 is 32.8. The van der Waals surface area contributed by atoms with E-state index in [9.17, 15) is 18.0 Å². The number of hydrogen-bond donors (Lipinski definition) is 1. The molecule has 0 heterocycles. The van der Waals surface area contributed by atoms with Crippen LogP contribution in [0.3, 0.4) is 0 Å². The third-order valence-electron chi connectivity index (χ3n) is 4.27. The Hall–Kier alpha value is -1.21. The molecular formula is C20H36O6S. The number of carbonyl (C=O) groups is 2. The van der Waals surface area contributed by atoms with Crippen LogP contribution in [0, 0.1) is 0 Å². The van der Waals surface area contributed by atoms with Crippen molar-refractivity contribution in [2.75, 3.05) is 0 Å². The van der Waals surface area contributed by atoms with Gasteiger partial charge in [0.2, 0.25) is 0 Å². The molecule has 158 valence electrons. The maximum Gasteiger partial charge on any atom is 0.448 e. The minimum absolute atomic E-state index is 0.0103. The minimum Gasteiger partial charge on any atom is -0.325 e. The van der Waals surface area contributed by atoms with Gasteiger partial charge in [0.1, 0.15) is 5.78 Å². The van der Waals surface area contributed by atoms with Gasteiger partial charge in [-0.05, 0) is 45.4 Å². The highest BCUT2D eigenvalue weighted by atomic mass is 32.3. The van der Waals surface area contributed by atoms with E-state index in [1.165, 1.54) is 25.7 Å². The Kier molecular flexibility index (Phi) is 16.2. The van der Waals surface area contributed by atoms with Crippen molar-refractivity contribution in [3.63, 3.8) is 0 Å². The van der Waals surface area contributed by atoms with Crippen LogP contribution in [-0.2, 0) is 24.2 Å². The second-order valence-corrected chi connectivity index (χ2v) is 8.05. The first-order valence-corrected chi connectivity index (χ1v) is 11.5. The predicted octanol–water partition coefficient (Wildman–Crippen LogP) is 5.33. The van der Waals surface area contributed by atoms with Crippen molar-refractivity contribution in [1.82, 2.24) is 0 Å². The zero-order valence-electron chi connectivity index (χ0n) is 16.7. The molecule has 0 aliphatic rings. The van der Waals surface area contributed by atoms with Crippen LogP contribution >= 0.6 is 0 Å². The van der Waals surface area contributed by atoms with Crippen molar-refractivity contribution in [3.8, 4) is 0 Å². The number of rotatable bonds is 18. The van der Waals surface area contributed by atoms with E-state index in [1.807, 2.05) is 0 Å². The first-order chi connectivity index (χ1) is 12.8. The van der Waals surface area contributed by atoms with Crippen LogP contribution in [0.4, 0.5) is 0 Å². The van der Waals surface area contributed by atoms with Crippen LogP contribution in [-0.4, -0.2) is 24.7 Å². The lowest BCUT2D eigenvalue weighted by atomic mass is 10.1. The first kappa shape index (κ1) is 25.8. The Bertz CT molecular complexity index is 525. The zero-order chi connectivity index (χ0) is 20.4. The molecule has 0 amide bonds. The van der Waals surface area contributed by atoms with Gasteiger partial charge in [0, 0.05) is 12.8 Å². The second kappa shape index (κ2) is 16.9. The number of ketones is 1. The van der Waals surface area contributed by atoms with Crippen molar-refractivity contribution < 1.29 is 26.7 Å². The van der Waals surface area contributed by atoms with Crippen LogP contribution in [0.15, 0.2) is 12.2 Å². The maximum absolute atomic E-state index is 11.0. The van der Waals surface area contributed by atoms with Crippen LogP contribution in [0.5, 0.6) is 0 Å². The highest BCUT2D eigenvalue weighted by Gasteiger charge is 2.12. The molecule has 0 atom stereocenters. The first-order valence-electron chi connectivity index (χ1n) is 10.2. The summed E-state index contributed by atoms with van der Waals surface area (Å²) in [4.78, 5) is 21.9. The summed E-state index contributed by atoms with van der Waals surface area (Å²) in [6.45, 7) is 1.65. The number of allylic oxidation sites excluding steroid dienone is 2. The molecule has 0 bridgehead atoms. The highest BCUT2D eigenvalue weighted by molar-refractivity contribution is 7.81. The van der Waals surface area contributed by atoms with Crippen LogP contribution in [0.1, 0.15) is 103 Å². The van der Waals surface area contributed by atoms with Gasteiger partial charge in [0.05, 0.1) is 0 Å². The standard InChI is InChI=1S/C20H36O6S/c1-19(21)17-15-13-11-9-7-5-3-2-4-6-8-10-12-14-16-18-20(22)26-27(23,24)25/h2,4H,3,5-18H2,1H3,(H,23,24,25)/b4-2-. The van der Waals surface area contributed by atoms with Gasteiger partial charge in [0.25, 0.3) is 0 Å². The third-order valence-corrected chi connectivity index (χ3v) is 4.66. The molecule has 0 aromatic carbocycles. The average molecular weight is 405 g/mol. The fourth-order valence-corrected chi connectivity index (χ4v) is 3.12. The summed E-state index contributed by atoms with van der Waals surface area (Å²) >= 11 is 0. The van der Waals surface area contributed by atoms with Gasteiger partial charge in [-0.25, -0.2) is 0 Å². The van der Waals surface area contributed by atoms with Crippen molar-refractivity contribution in [2.45, 2.75) is 103 Å². The largest absolute Gasteiger partial charge is 0.448 e. The van der Waals surface area contributed by atoms with E-state index >= 15 is 0 Å². The molecule has 0 saturated heterocycles. The molecule has 0 aromatic heterocycles. The van der Waals surface area contributed by atoms with E-state index in [1.54, 1.807) is 6.92 Å². The van der Waals surface area contributed by atoms with Crippen molar-refractivity contribution >= 4 is 22.2 Å². The van der Waals surface area contributed by atoms with Crippen LogP contribution in [0.25, 0.3) is 0 Å². The second-order valence-electron chi connectivity index (χ2n) is 7.02. The topological polar surface area (TPSA) is 97.7 Å². The molecule has 0 spiro atoms. The van der Waals surface area contributed by atoms with E-state index in [0.717, 1.165) is 57.8 Å². The molecule has 0 unspecified atom stereocenters. The summed E-state index contributed by atoms with van der Waals surface area (Å²) in [5, 5.41) is 0. The van der Waals surface area contributed by atoms with Crippen LogP contribution < -0.4 is 0 Å². The van der Waals surface area contributed by atoms with Gasteiger partial charge in [-0.15, -0.1) is 0 Å². The number of hydrogen-bond acceptors (Lipinski definition) is 5. The minimum atomic E-state index is -4.67. The molecular weight excluding hydrogens is 368 g/mol. The van der Waals surface area contributed by atoms with Crippen molar-refractivity contribution in [3.05, 3.63) is 12.2 Å². The van der Waals surface area contributed by atoms with Gasteiger partial charge < -0.3 is 8.98 Å². The van der Waals surface area contributed by atoms with Crippen molar-refractivity contribution in [1.29, 1.82) is 0 Å². The summed E-state index contributed by atoms with van der Waals surface area (Å²) in [6, 6.07) is 0. The van der Waals surface area contributed by atoms with E-state index < -0.39 is 16.4 Å². The van der Waals surface area contributed by atoms with E-state index in [4.69, 9.17) is 4.55 Å². The predicted molar refractivity (Wildman–Crippen MR) is 107 cm³/mol. The molecule has 1 N–H and O–H groups in total. The number of Topliss-reactive ketones (excluding diaryl/α,β-unsaturated/α-hetero) is 1. The molecule has 0 aliphatic heterocycles. The molecule has 0 aromatic rings. The quantitative estimate of drug-likeness (QED) is 0.188. The lowest BCUT2D eigenvalue weighted by Crippen LogP contribution is -2.11. The van der Waals surface area contributed by atoms with Crippen LogP contribution in [0.2, 0.25) is 0 Å². The van der Waals surface area contributed by atoms with E-state index in [-0.39, 0.29) is 6.42 Å². The summed E-state index contributed by atoms with van der Waals surface area (Å²) in [6.07, 6.45) is 19.2. The highest BCUT2D eigenvalue weighted by Crippen LogP contribution is 2.11.